The fourth-order valence-corrected chi connectivity index (χ4v) is 1.19. The molecule has 4 heteroatoms. The number of rotatable bonds is 6. The van der Waals surface area contributed by atoms with E-state index in [4.69, 9.17) is 4.74 Å². The minimum Gasteiger partial charge on any atom is -0.383 e. The second-order valence-electron chi connectivity index (χ2n) is 2.94. The summed E-state index contributed by atoms with van der Waals surface area (Å²) in [6, 6.07) is 0.181. The molecule has 0 saturated carbocycles. The number of hydrogen-bond acceptors (Lipinski definition) is 3. The van der Waals surface area contributed by atoms with E-state index >= 15 is 0 Å². The van der Waals surface area contributed by atoms with Crippen molar-refractivity contribution in [2.24, 2.45) is 0 Å². The first-order chi connectivity index (χ1) is 6.38. The second-order valence-corrected chi connectivity index (χ2v) is 2.94. The Kier molecular flexibility index (Phi) is 4.49. The Morgan fingerprint density at radius 2 is 2.54 bits per heavy atom. The molecule has 0 spiro atoms. The molecule has 0 bridgehead atoms. The lowest BCUT2D eigenvalue weighted by Crippen LogP contribution is -2.26. The fourth-order valence-electron chi connectivity index (χ4n) is 1.19. The molecule has 0 aliphatic heterocycles. The Balaban J connectivity index is 2.47. The molecule has 4 nitrogen and oxygen atoms in total. The van der Waals surface area contributed by atoms with Gasteiger partial charge in [-0.1, -0.05) is 6.92 Å². The van der Waals surface area contributed by atoms with Gasteiger partial charge < -0.3 is 15.0 Å². The largest absolute Gasteiger partial charge is 0.383 e. The van der Waals surface area contributed by atoms with Gasteiger partial charge in [0.2, 0.25) is 0 Å². The van der Waals surface area contributed by atoms with Gasteiger partial charge in [-0.15, -0.1) is 0 Å². The molecule has 74 valence electrons. The highest BCUT2D eigenvalue weighted by Gasteiger charge is 2.11. The fraction of sp³-hybridized carbons (Fsp3) is 0.667. The summed E-state index contributed by atoms with van der Waals surface area (Å²) in [5.74, 6) is 0.940. The monoisotopic (exact) mass is 183 g/mol. The number of aromatic nitrogens is 2. The zero-order chi connectivity index (χ0) is 9.52. The molecular formula is C9H17N3O. The molecule has 0 aliphatic rings. The van der Waals surface area contributed by atoms with Gasteiger partial charge in [-0.05, 0) is 13.0 Å². The summed E-state index contributed by atoms with van der Waals surface area (Å²) in [4.78, 5) is 7.27. The third kappa shape index (κ3) is 3.16. The topological polar surface area (TPSA) is 49.9 Å². The van der Waals surface area contributed by atoms with Crippen molar-refractivity contribution in [1.82, 2.24) is 15.3 Å². The van der Waals surface area contributed by atoms with E-state index in [1.165, 1.54) is 0 Å². The van der Waals surface area contributed by atoms with Crippen LogP contribution in [0.4, 0.5) is 0 Å². The van der Waals surface area contributed by atoms with Crippen molar-refractivity contribution in [3.8, 4) is 0 Å². The average Bonchev–Trinajstić information content (AvgIpc) is 2.65. The van der Waals surface area contributed by atoms with E-state index in [1.54, 1.807) is 13.3 Å². The van der Waals surface area contributed by atoms with Crippen LogP contribution in [0.25, 0.3) is 0 Å². The van der Waals surface area contributed by atoms with Crippen molar-refractivity contribution < 1.29 is 4.74 Å². The quantitative estimate of drug-likeness (QED) is 0.694. The Hall–Kier alpha value is -0.870. The number of nitrogens with zero attached hydrogens (tertiary/aromatic N) is 1. The maximum Gasteiger partial charge on any atom is 0.125 e. The number of H-pyrrole nitrogens is 1. The number of imidazole rings is 1. The molecule has 1 unspecified atom stereocenters. The number of methoxy groups -OCH3 is 1. The lowest BCUT2D eigenvalue weighted by molar-refractivity contribution is 0.164. The third-order valence-corrected chi connectivity index (χ3v) is 1.82. The molecule has 0 fully saturated rings. The maximum absolute atomic E-state index is 5.10. The van der Waals surface area contributed by atoms with Crippen molar-refractivity contribution in [3.63, 3.8) is 0 Å². The van der Waals surface area contributed by atoms with Crippen LogP contribution in [-0.4, -0.2) is 30.2 Å². The van der Waals surface area contributed by atoms with Crippen LogP contribution in [0, 0.1) is 0 Å². The minimum absolute atomic E-state index is 0.181. The molecule has 0 radical (unpaired) electrons. The van der Waals surface area contributed by atoms with E-state index in [-0.39, 0.29) is 6.04 Å². The van der Waals surface area contributed by atoms with Crippen LogP contribution >= 0.6 is 0 Å². The van der Waals surface area contributed by atoms with E-state index in [0.29, 0.717) is 6.61 Å². The zero-order valence-corrected chi connectivity index (χ0v) is 8.21. The van der Waals surface area contributed by atoms with E-state index in [9.17, 15) is 0 Å². The zero-order valence-electron chi connectivity index (χ0n) is 8.21. The van der Waals surface area contributed by atoms with Crippen LogP contribution in [0.2, 0.25) is 0 Å². The van der Waals surface area contributed by atoms with Crippen LogP contribution in [0.5, 0.6) is 0 Å². The first kappa shape index (κ1) is 10.2. The number of hydrogen-bond donors (Lipinski definition) is 2. The van der Waals surface area contributed by atoms with Gasteiger partial charge in [0.05, 0.1) is 12.6 Å². The number of aromatic amines is 1. The smallest absolute Gasteiger partial charge is 0.125 e. The molecule has 2 N–H and O–H groups in total. The molecular weight excluding hydrogens is 166 g/mol. The Morgan fingerprint density at radius 3 is 3.08 bits per heavy atom. The molecule has 1 rings (SSSR count). The number of ether oxygens (including phenoxy) is 1. The van der Waals surface area contributed by atoms with Crippen LogP contribution in [0.1, 0.15) is 25.2 Å². The second kappa shape index (κ2) is 5.72. The van der Waals surface area contributed by atoms with Crippen molar-refractivity contribution in [1.29, 1.82) is 0 Å². The molecule has 0 aromatic carbocycles. The van der Waals surface area contributed by atoms with Crippen LogP contribution in [0.15, 0.2) is 12.4 Å². The van der Waals surface area contributed by atoms with Crippen molar-refractivity contribution in [2.75, 3.05) is 20.3 Å². The highest BCUT2D eigenvalue weighted by molar-refractivity contribution is 4.95. The van der Waals surface area contributed by atoms with Gasteiger partial charge in [0, 0.05) is 19.5 Å². The summed E-state index contributed by atoms with van der Waals surface area (Å²) < 4.78 is 5.10. The van der Waals surface area contributed by atoms with Crippen LogP contribution in [0.3, 0.4) is 0 Å². The first-order valence-electron chi connectivity index (χ1n) is 4.60. The van der Waals surface area contributed by atoms with E-state index in [2.05, 4.69) is 22.2 Å². The third-order valence-electron chi connectivity index (χ3n) is 1.82. The minimum atomic E-state index is 0.181. The summed E-state index contributed by atoms with van der Waals surface area (Å²) in [6.07, 6.45) is 4.69. The highest BCUT2D eigenvalue weighted by atomic mass is 16.5. The van der Waals surface area contributed by atoms with Gasteiger partial charge in [-0.3, -0.25) is 0 Å². The van der Waals surface area contributed by atoms with E-state index in [0.717, 1.165) is 18.8 Å². The van der Waals surface area contributed by atoms with Gasteiger partial charge in [-0.25, -0.2) is 4.98 Å². The Bertz CT molecular complexity index is 211. The number of nitrogens with one attached hydrogen (secondary N) is 2. The van der Waals surface area contributed by atoms with Crippen molar-refractivity contribution in [2.45, 2.75) is 19.4 Å². The SMILES string of the molecule is CCCNC(COC)c1ncc[nH]1. The molecule has 1 aromatic rings. The van der Waals surface area contributed by atoms with Gasteiger partial charge in [0.25, 0.3) is 0 Å². The first-order valence-corrected chi connectivity index (χ1v) is 4.60. The predicted octanol–water partition coefficient (Wildman–Crippen LogP) is 1.10. The maximum atomic E-state index is 5.10. The van der Waals surface area contributed by atoms with Crippen LogP contribution < -0.4 is 5.32 Å². The van der Waals surface area contributed by atoms with Crippen LogP contribution in [-0.2, 0) is 4.74 Å². The lowest BCUT2D eigenvalue weighted by Gasteiger charge is -2.14. The normalized spacial score (nSPS) is 13.1. The van der Waals surface area contributed by atoms with Gasteiger partial charge in [0.1, 0.15) is 5.82 Å². The molecule has 0 saturated heterocycles. The molecule has 1 atom stereocenters. The molecule has 13 heavy (non-hydrogen) atoms. The molecule has 1 aromatic heterocycles. The highest BCUT2D eigenvalue weighted by Crippen LogP contribution is 2.06. The van der Waals surface area contributed by atoms with E-state index in [1.807, 2.05) is 6.20 Å². The van der Waals surface area contributed by atoms with Gasteiger partial charge in [0.15, 0.2) is 0 Å². The predicted molar refractivity (Wildman–Crippen MR) is 51.5 cm³/mol. The summed E-state index contributed by atoms with van der Waals surface area (Å²) in [6.45, 7) is 3.77. The van der Waals surface area contributed by atoms with Gasteiger partial charge >= 0.3 is 0 Å². The molecule has 1 heterocycles. The summed E-state index contributed by atoms with van der Waals surface area (Å²) in [7, 11) is 1.70. The standard InChI is InChI=1S/C9H17N3O/c1-3-4-10-8(7-13-2)9-11-5-6-12-9/h5-6,8,10H,3-4,7H2,1-2H3,(H,11,12). The average molecular weight is 183 g/mol. The summed E-state index contributed by atoms with van der Waals surface area (Å²) in [5, 5.41) is 3.35. The molecule has 0 amide bonds. The van der Waals surface area contributed by atoms with Crippen molar-refractivity contribution in [3.05, 3.63) is 18.2 Å². The van der Waals surface area contributed by atoms with E-state index < -0.39 is 0 Å². The van der Waals surface area contributed by atoms with Gasteiger partial charge in [-0.2, -0.15) is 0 Å². The lowest BCUT2D eigenvalue weighted by atomic mass is 10.3. The summed E-state index contributed by atoms with van der Waals surface area (Å²) in [5.41, 5.74) is 0. The van der Waals surface area contributed by atoms with Crippen molar-refractivity contribution >= 4 is 0 Å². The molecule has 0 aliphatic carbocycles. The Labute approximate surface area is 78.7 Å². The summed E-state index contributed by atoms with van der Waals surface area (Å²) >= 11 is 0. The Morgan fingerprint density at radius 1 is 1.69 bits per heavy atom.